The predicted octanol–water partition coefficient (Wildman–Crippen LogP) is 0.526. The molecule has 0 aromatic rings. The van der Waals surface area contributed by atoms with Crippen molar-refractivity contribution in [2.75, 3.05) is 20.3 Å². The molecule has 0 aromatic carbocycles. The molecule has 3 atom stereocenters. The zero-order chi connectivity index (χ0) is 11.3. The Morgan fingerprint density at radius 2 is 2.40 bits per heavy atom. The van der Waals surface area contributed by atoms with E-state index in [9.17, 15) is 4.79 Å². The van der Waals surface area contributed by atoms with Gasteiger partial charge in [-0.1, -0.05) is 0 Å². The fourth-order valence-electron chi connectivity index (χ4n) is 1.93. The highest BCUT2D eigenvalue weighted by molar-refractivity contribution is 5.79. The maximum Gasteiger partial charge on any atom is 0.224 e. The van der Waals surface area contributed by atoms with Crippen LogP contribution in [0.3, 0.4) is 0 Å². The van der Waals surface area contributed by atoms with Gasteiger partial charge in [-0.3, -0.25) is 4.79 Å². The number of rotatable bonds is 5. The van der Waals surface area contributed by atoms with Crippen LogP contribution in [0, 0.1) is 5.92 Å². The molecule has 1 rings (SSSR count). The zero-order valence-electron chi connectivity index (χ0n) is 9.88. The maximum atomic E-state index is 11.8. The lowest BCUT2D eigenvalue weighted by atomic mass is 10.0. The highest BCUT2D eigenvalue weighted by Crippen LogP contribution is 2.15. The Bertz CT molecular complexity index is 209. The molecule has 1 aliphatic heterocycles. The molecule has 1 heterocycles. The molecule has 4 heteroatoms. The van der Waals surface area contributed by atoms with Crippen molar-refractivity contribution >= 4 is 5.91 Å². The SMILES string of the molecule is COCCC(C)NC(=O)C1CCNC1C. The van der Waals surface area contributed by atoms with E-state index in [4.69, 9.17) is 4.74 Å². The molecule has 0 spiro atoms. The van der Waals surface area contributed by atoms with Crippen molar-refractivity contribution < 1.29 is 9.53 Å². The fourth-order valence-corrected chi connectivity index (χ4v) is 1.93. The number of amides is 1. The first kappa shape index (κ1) is 12.5. The summed E-state index contributed by atoms with van der Waals surface area (Å²) in [6.07, 6.45) is 1.82. The van der Waals surface area contributed by atoms with E-state index in [1.165, 1.54) is 0 Å². The number of methoxy groups -OCH3 is 1. The van der Waals surface area contributed by atoms with Gasteiger partial charge in [0.2, 0.25) is 5.91 Å². The summed E-state index contributed by atoms with van der Waals surface area (Å²) in [5, 5.41) is 6.31. The largest absolute Gasteiger partial charge is 0.385 e. The Kier molecular flexibility index (Phi) is 5.05. The average molecular weight is 214 g/mol. The van der Waals surface area contributed by atoms with Crippen LogP contribution in [0.15, 0.2) is 0 Å². The first-order chi connectivity index (χ1) is 7.15. The molecule has 15 heavy (non-hydrogen) atoms. The van der Waals surface area contributed by atoms with Crippen molar-refractivity contribution in [3.63, 3.8) is 0 Å². The molecule has 0 aliphatic carbocycles. The summed E-state index contributed by atoms with van der Waals surface area (Å²) in [6.45, 7) is 5.73. The van der Waals surface area contributed by atoms with Gasteiger partial charge in [-0.15, -0.1) is 0 Å². The van der Waals surface area contributed by atoms with Crippen molar-refractivity contribution in [1.82, 2.24) is 10.6 Å². The van der Waals surface area contributed by atoms with Crippen LogP contribution in [0.1, 0.15) is 26.7 Å². The molecule has 1 saturated heterocycles. The van der Waals surface area contributed by atoms with E-state index in [0.29, 0.717) is 12.6 Å². The Morgan fingerprint density at radius 1 is 1.67 bits per heavy atom. The van der Waals surface area contributed by atoms with E-state index in [1.54, 1.807) is 7.11 Å². The molecule has 4 nitrogen and oxygen atoms in total. The number of ether oxygens (including phenoxy) is 1. The number of nitrogens with one attached hydrogen (secondary N) is 2. The molecule has 88 valence electrons. The van der Waals surface area contributed by atoms with Crippen LogP contribution in [0.4, 0.5) is 0 Å². The Labute approximate surface area is 91.8 Å². The molecule has 2 N–H and O–H groups in total. The molecule has 1 aliphatic rings. The van der Waals surface area contributed by atoms with Crippen LogP contribution in [-0.4, -0.2) is 38.3 Å². The van der Waals surface area contributed by atoms with Gasteiger partial charge in [-0.2, -0.15) is 0 Å². The second kappa shape index (κ2) is 6.08. The van der Waals surface area contributed by atoms with E-state index in [2.05, 4.69) is 17.6 Å². The zero-order valence-corrected chi connectivity index (χ0v) is 9.88. The summed E-state index contributed by atoms with van der Waals surface area (Å²) < 4.78 is 4.98. The molecule has 0 aromatic heterocycles. The fraction of sp³-hybridized carbons (Fsp3) is 0.909. The van der Waals surface area contributed by atoms with Crippen molar-refractivity contribution in [2.45, 2.75) is 38.8 Å². The third kappa shape index (κ3) is 3.80. The van der Waals surface area contributed by atoms with Gasteiger partial charge in [0.25, 0.3) is 0 Å². The molecule has 1 amide bonds. The van der Waals surface area contributed by atoms with E-state index in [0.717, 1.165) is 19.4 Å². The highest BCUT2D eigenvalue weighted by atomic mass is 16.5. The minimum absolute atomic E-state index is 0.134. The van der Waals surface area contributed by atoms with E-state index in [1.807, 2.05) is 6.92 Å². The average Bonchev–Trinajstić information content (AvgIpc) is 2.61. The summed E-state index contributed by atoms with van der Waals surface area (Å²) in [4.78, 5) is 11.8. The van der Waals surface area contributed by atoms with Crippen LogP contribution in [-0.2, 0) is 9.53 Å². The van der Waals surface area contributed by atoms with Gasteiger partial charge < -0.3 is 15.4 Å². The van der Waals surface area contributed by atoms with Crippen molar-refractivity contribution in [2.24, 2.45) is 5.92 Å². The summed E-state index contributed by atoms with van der Waals surface area (Å²) in [6, 6.07) is 0.505. The molecule has 0 bridgehead atoms. The topological polar surface area (TPSA) is 50.4 Å². The number of hydrogen-bond donors (Lipinski definition) is 2. The van der Waals surface area contributed by atoms with Crippen molar-refractivity contribution in [1.29, 1.82) is 0 Å². The summed E-state index contributed by atoms with van der Waals surface area (Å²) in [5.41, 5.74) is 0. The molecule has 0 radical (unpaired) electrons. The van der Waals surface area contributed by atoms with E-state index < -0.39 is 0 Å². The van der Waals surface area contributed by atoms with Crippen LogP contribution in [0.25, 0.3) is 0 Å². The highest BCUT2D eigenvalue weighted by Gasteiger charge is 2.29. The van der Waals surface area contributed by atoms with Gasteiger partial charge in [-0.05, 0) is 33.2 Å². The van der Waals surface area contributed by atoms with Crippen LogP contribution >= 0.6 is 0 Å². The van der Waals surface area contributed by atoms with Gasteiger partial charge in [0.15, 0.2) is 0 Å². The summed E-state index contributed by atoms with van der Waals surface area (Å²) in [7, 11) is 1.68. The maximum absolute atomic E-state index is 11.8. The predicted molar refractivity (Wildman–Crippen MR) is 59.7 cm³/mol. The Balaban J connectivity index is 2.28. The van der Waals surface area contributed by atoms with E-state index in [-0.39, 0.29) is 17.9 Å². The summed E-state index contributed by atoms with van der Waals surface area (Å²) >= 11 is 0. The van der Waals surface area contributed by atoms with Gasteiger partial charge >= 0.3 is 0 Å². The monoisotopic (exact) mass is 214 g/mol. The number of carbonyl (C=O) groups is 1. The molecular formula is C11H22N2O2. The van der Waals surface area contributed by atoms with Crippen LogP contribution in [0.2, 0.25) is 0 Å². The second-order valence-corrected chi connectivity index (χ2v) is 4.33. The smallest absolute Gasteiger partial charge is 0.224 e. The number of hydrogen-bond acceptors (Lipinski definition) is 3. The lowest BCUT2D eigenvalue weighted by molar-refractivity contribution is -0.125. The molecular weight excluding hydrogens is 192 g/mol. The third-order valence-electron chi connectivity index (χ3n) is 3.01. The molecule has 1 fully saturated rings. The standard InChI is InChI=1S/C11H22N2O2/c1-8(5-7-15-3)13-11(14)10-4-6-12-9(10)2/h8-10,12H,4-7H2,1-3H3,(H,13,14). The lowest BCUT2D eigenvalue weighted by Gasteiger charge is -2.19. The van der Waals surface area contributed by atoms with E-state index >= 15 is 0 Å². The molecule has 0 saturated carbocycles. The quantitative estimate of drug-likeness (QED) is 0.701. The van der Waals surface area contributed by atoms with Crippen LogP contribution in [0.5, 0.6) is 0 Å². The Morgan fingerprint density at radius 3 is 2.93 bits per heavy atom. The minimum Gasteiger partial charge on any atom is -0.385 e. The second-order valence-electron chi connectivity index (χ2n) is 4.33. The third-order valence-corrected chi connectivity index (χ3v) is 3.01. The normalized spacial score (nSPS) is 27.7. The van der Waals surface area contributed by atoms with Gasteiger partial charge in [-0.25, -0.2) is 0 Å². The molecule has 3 unspecified atom stereocenters. The Hall–Kier alpha value is -0.610. The first-order valence-corrected chi connectivity index (χ1v) is 5.68. The lowest BCUT2D eigenvalue weighted by Crippen LogP contribution is -2.41. The summed E-state index contributed by atoms with van der Waals surface area (Å²) in [5.74, 6) is 0.311. The minimum atomic E-state index is 0.134. The van der Waals surface area contributed by atoms with Crippen LogP contribution < -0.4 is 10.6 Å². The van der Waals surface area contributed by atoms with Gasteiger partial charge in [0, 0.05) is 25.8 Å². The van der Waals surface area contributed by atoms with Gasteiger partial charge in [0.05, 0.1) is 5.92 Å². The number of carbonyl (C=O) groups excluding carboxylic acids is 1. The van der Waals surface area contributed by atoms with Crippen molar-refractivity contribution in [3.05, 3.63) is 0 Å². The van der Waals surface area contributed by atoms with Crippen molar-refractivity contribution in [3.8, 4) is 0 Å². The van der Waals surface area contributed by atoms with Gasteiger partial charge in [0.1, 0.15) is 0 Å². The first-order valence-electron chi connectivity index (χ1n) is 5.68.